The van der Waals surface area contributed by atoms with Gasteiger partial charge in [0.1, 0.15) is 0 Å². The van der Waals surface area contributed by atoms with Crippen LogP contribution in [0.3, 0.4) is 0 Å². The highest BCUT2D eigenvalue weighted by Gasteiger charge is 2.03. The maximum absolute atomic E-state index is 3.89. The predicted molar refractivity (Wildman–Crippen MR) is 70.6 cm³/mol. The SMILES string of the molecule is [CH2]CC/C=C/CCC(CC)CCCC[CH2]. The minimum atomic E-state index is 0.931. The summed E-state index contributed by atoms with van der Waals surface area (Å²) in [6.07, 6.45) is 15.9. The molecule has 0 fully saturated rings. The van der Waals surface area contributed by atoms with Gasteiger partial charge in [0, 0.05) is 0 Å². The summed E-state index contributed by atoms with van der Waals surface area (Å²) in [5.41, 5.74) is 0. The van der Waals surface area contributed by atoms with E-state index in [0.717, 1.165) is 25.2 Å². The van der Waals surface area contributed by atoms with Gasteiger partial charge < -0.3 is 0 Å². The van der Waals surface area contributed by atoms with E-state index in [0.29, 0.717) is 0 Å². The van der Waals surface area contributed by atoms with Crippen LogP contribution in [0.2, 0.25) is 0 Å². The van der Waals surface area contributed by atoms with Gasteiger partial charge in [0.15, 0.2) is 0 Å². The van der Waals surface area contributed by atoms with Crippen LogP contribution in [-0.4, -0.2) is 0 Å². The van der Waals surface area contributed by atoms with Gasteiger partial charge in [0.2, 0.25) is 0 Å². The van der Waals surface area contributed by atoms with E-state index in [2.05, 4.69) is 32.9 Å². The Labute approximate surface area is 97.2 Å². The number of hydrogen-bond donors (Lipinski definition) is 0. The van der Waals surface area contributed by atoms with E-state index in [1.54, 1.807) is 0 Å². The fraction of sp³-hybridized carbons (Fsp3) is 0.733. The third-order valence-electron chi connectivity index (χ3n) is 2.97. The molecule has 0 heteroatoms. The Balaban J connectivity index is 3.43. The lowest BCUT2D eigenvalue weighted by atomic mass is 9.94. The highest BCUT2D eigenvalue weighted by atomic mass is 14.1. The molecule has 0 aliphatic carbocycles. The molecular formula is C15H28. The molecule has 0 bridgehead atoms. The lowest BCUT2D eigenvalue weighted by Gasteiger charge is -2.12. The average molecular weight is 208 g/mol. The Morgan fingerprint density at radius 3 is 2.27 bits per heavy atom. The van der Waals surface area contributed by atoms with Gasteiger partial charge in [-0.25, -0.2) is 0 Å². The first kappa shape index (κ1) is 14.7. The second kappa shape index (κ2) is 11.8. The topological polar surface area (TPSA) is 0 Å². The van der Waals surface area contributed by atoms with Crippen LogP contribution in [-0.2, 0) is 0 Å². The molecule has 0 aromatic rings. The first-order valence-corrected chi connectivity index (χ1v) is 6.58. The number of hydrogen-bond acceptors (Lipinski definition) is 0. The quantitative estimate of drug-likeness (QED) is 0.335. The van der Waals surface area contributed by atoms with Crippen LogP contribution in [0, 0.1) is 19.8 Å². The van der Waals surface area contributed by atoms with Crippen molar-refractivity contribution in [3.8, 4) is 0 Å². The predicted octanol–water partition coefficient (Wildman–Crippen LogP) is 5.36. The minimum absolute atomic E-state index is 0.931. The molecule has 0 aromatic heterocycles. The second-order valence-electron chi connectivity index (χ2n) is 4.31. The van der Waals surface area contributed by atoms with E-state index in [-0.39, 0.29) is 0 Å². The molecule has 0 N–H and O–H groups in total. The summed E-state index contributed by atoms with van der Waals surface area (Å²) in [5, 5.41) is 0. The zero-order valence-electron chi connectivity index (χ0n) is 10.5. The zero-order valence-corrected chi connectivity index (χ0v) is 10.5. The molecule has 1 atom stereocenters. The summed E-state index contributed by atoms with van der Waals surface area (Å²) in [5.74, 6) is 0.931. The third-order valence-corrected chi connectivity index (χ3v) is 2.97. The van der Waals surface area contributed by atoms with Crippen LogP contribution in [0.4, 0.5) is 0 Å². The van der Waals surface area contributed by atoms with Crippen molar-refractivity contribution in [2.24, 2.45) is 5.92 Å². The van der Waals surface area contributed by atoms with Crippen LogP contribution >= 0.6 is 0 Å². The largest absolute Gasteiger partial charge is 0.0885 e. The molecule has 0 amide bonds. The molecule has 0 heterocycles. The van der Waals surface area contributed by atoms with Gasteiger partial charge in [-0.15, -0.1) is 0 Å². The summed E-state index contributed by atoms with van der Waals surface area (Å²) in [4.78, 5) is 0. The van der Waals surface area contributed by atoms with Crippen LogP contribution in [0.1, 0.15) is 64.7 Å². The summed E-state index contributed by atoms with van der Waals surface area (Å²) < 4.78 is 0. The Morgan fingerprint density at radius 2 is 1.67 bits per heavy atom. The van der Waals surface area contributed by atoms with Gasteiger partial charge >= 0.3 is 0 Å². The number of rotatable bonds is 10. The Hall–Kier alpha value is -0.260. The monoisotopic (exact) mass is 208 g/mol. The molecule has 0 nitrogen and oxygen atoms in total. The number of allylic oxidation sites excluding steroid dienone is 2. The Morgan fingerprint density at radius 1 is 0.933 bits per heavy atom. The van der Waals surface area contributed by atoms with Crippen LogP contribution in [0.5, 0.6) is 0 Å². The first-order valence-electron chi connectivity index (χ1n) is 6.58. The lowest BCUT2D eigenvalue weighted by Crippen LogP contribution is -1.98. The molecule has 0 aliphatic heterocycles. The highest BCUT2D eigenvalue weighted by Crippen LogP contribution is 2.19. The Kier molecular flexibility index (Phi) is 11.6. The molecular weight excluding hydrogens is 180 g/mol. The molecule has 0 aromatic carbocycles. The Bertz CT molecular complexity index is 135. The van der Waals surface area contributed by atoms with Crippen molar-refractivity contribution in [1.29, 1.82) is 0 Å². The van der Waals surface area contributed by atoms with Gasteiger partial charge in [0.25, 0.3) is 0 Å². The summed E-state index contributed by atoms with van der Waals surface area (Å²) in [6.45, 7) is 10.0. The minimum Gasteiger partial charge on any atom is -0.0885 e. The number of unbranched alkanes of at least 4 members (excludes halogenated alkanes) is 3. The standard InChI is InChI=1S/C15H28/c1-4-7-9-10-12-14-15(6-3)13-11-8-5-2/h9-10,15H,1-2,4-8,11-14H2,3H3/b10-9+. The molecule has 88 valence electrons. The maximum atomic E-state index is 3.89. The van der Waals surface area contributed by atoms with Crippen molar-refractivity contribution in [2.45, 2.75) is 64.7 Å². The van der Waals surface area contributed by atoms with Gasteiger partial charge in [-0.3, -0.25) is 0 Å². The molecule has 0 aliphatic rings. The van der Waals surface area contributed by atoms with Crippen molar-refractivity contribution in [2.75, 3.05) is 0 Å². The van der Waals surface area contributed by atoms with Gasteiger partial charge in [-0.1, -0.05) is 65.0 Å². The van der Waals surface area contributed by atoms with E-state index in [1.165, 1.54) is 38.5 Å². The van der Waals surface area contributed by atoms with Crippen LogP contribution in [0.15, 0.2) is 12.2 Å². The lowest BCUT2D eigenvalue weighted by molar-refractivity contribution is 0.421. The summed E-state index contributed by atoms with van der Waals surface area (Å²) >= 11 is 0. The maximum Gasteiger partial charge on any atom is -0.0348 e. The van der Waals surface area contributed by atoms with Gasteiger partial charge in [-0.2, -0.15) is 0 Å². The molecule has 0 spiro atoms. The first-order chi connectivity index (χ1) is 7.35. The fourth-order valence-corrected chi connectivity index (χ4v) is 1.85. The normalized spacial score (nSPS) is 13.5. The van der Waals surface area contributed by atoms with E-state index < -0.39 is 0 Å². The van der Waals surface area contributed by atoms with Crippen molar-refractivity contribution in [1.82, 2.24) is 0 Å². The van der Waals surface area contributed by atoms with Crippen LogP contribution in [0.25, 0.3) is 0 Å². The molecule has 1 unspecified atom stereocenters. The van der Waals surface area contributed by atoms with E-state index in [4.69, 9.17) is 0 Å². The fourth-order valence-electron chi connectivity index (χ4n) is 1.85. The molecule has 15 heavy (non-hydrogen) atoms. The van der Waals surface area contributed by atoms with Crippen molar-refractivity contribution in [3.05, 3.63) is 26.0 Å². The van der Waals surface area contributed by atoms with E-state index >= 15 is 0 Å². The molecule has 0 saturated heterocycles. The highest BCUT2D eigenvalue weighted by molar-refractivity contribution is 4.82. The third kappa shape index (κ3) is 10.0. The van der Waals surface area contributed by atoms with Crippen molar-refractivity contribution < 1.29 is 0 Å². The van der Waals surface area contributed by atoms with E-state index in [1.807, 2.05) is 0 Å². The molecule has 0 saturated carbocycles. The van der Waals surface area contributed by atoms with E-state index in [9.17, 15) is 0 Å². The zero-order chi connectivity index (χ0) is 11.4. The van der Waals surface area contributed by atoms with Crippen LogP contribution < -0.4 is 0 Å². The van der Waals surface area contributed by atoms with Gasteiger partial charge in [0.05, 0.1) is 0 Å². The summed E-state index contributed by atoms with van der Waals surface area (Å²) in [6, 6.07) is 0. The summed E-state index contributed by atoms with van der Waals surface area (Å²) in [7, 11) is 0. The van der Waals surface area contributed by atoms with Gasteiger partial charge in [-0.05, 0) is 31.6 Å². The smallest absolute Gasteiger partial charge is 0.0348 e. The average Bonchev–Trinajstić information content (AvgIpc) is 2.26. The molecule has 0 rings (SSSR count). The second-order valence-corrected chi connectivity index (χ2v) is 4.31. The molecule has 2 radical (unpaired) electrons. The van der Waals surface area contributed by atoms with Crippen molar-refractivity contribution in [3.63, 3.8) is 0 Å². The van der Waals surface area contributed by atoms with Crippen molar-refractivity contribution >= 4 is 0 Å².